The van der Waals surface area contributed by atoms with Crippen LogP contribution in [0.1, 0.15) is 5.56 Å². The highest BCUT2D eigenvalue weighted by molar-refractivity contribution is 7.14. The van der Waals surface area contributed by atoms with E-state index in [9.17, 15) is 4.79 Å². The van der Waals surface area contributed by atoms with Crippen molar-refractivity contribution in [3.63, 3.8) is 0 Å². The number of allylic oxidation sites excluding steroid dienone is 1. The highest BCUT2D eigenvalue weighted by atomic mass is 35.5. The van der Waals surface area contributed by atoms with Gasteiger partial charge in [-0.1, -0.05) is 11.6 Å². The maximum Gasteiger partial charge on any atom is 0.142 e. The summed E-state index contributed by atoms with van der Waals surface area (Å²) in [5, 5.41) is 1.88. The van der Waals surface area contributed by atoms with Gasteiger partial charge in [-0.2, -0.15) is 0 Å². The van der Waals surface area contributed by atoms with Crippen molar-refractivity contribution in [3.8, 4) is 0 Å². The first-order valence-electron chi connectivity index (χ1n) is 2.69. The molecule has 1 aromatic heterocycles. The molecule has 0 saturated carbocycles. The maximum atomic E-state index is 9.88. The Bertz CT molecular complexity index is 252. The van der Waals surface area contributed by atoms with Crippen LogP contribution in [-0.2, 0) is 4.79 Å². The van der Waals surface area contributed by atoms with E-state index < -0.39 is 0 Å². The zero-order valence-corrected chi connectivity index (χ0v) is 6.65. The molecular formula is C7H5ClOS. The van der Waals surface area contributed by atoms with Crippen LogP contribution in [0.2, 0.25) is 4.34 Å². The fourth-order valence-corrected chi connectivity index (χ4v) is 1.45. The average Bonchev–Trinajstić information content (AvgIpc) is 2.31. The molecule has 0 aromatic carbocycles. The SMILES string of the molecule is O=C/C=C/c1ccsc1Cl. The lowest BCUT2D eigenvalue weighted by Crippen LogP contribution is -1.63. The van der Waals surface area contributed by atoms with Crippen LogP contribution in [0.5, 0.6) is 0 Å². The summed E-state index contributed by atoms with van der Waals surface area (Å²) >= 11 is 7.18. The van der Waals surface area contributed by atoms with E-state index in [1.807, 2.05) is 11.4 Å². The van der Waals surface area contributed by atoms with Gasteiger partial charge in [0.25, 0.3) is 0 Å². The first-order chi connectivity index (χ1) is 4.84. The molecule has 0 amide bonds. The zero-order valence-electron chi connectivity index (χ0n) is 5.08. The standard InChI is InChI=1S/C7H5ClOS/c8-7-6(2-1-4-9)3-5-10-7/h1-5H/b2-1+. The maximum absolute atomic E-state index is 9.88. The third-order valence-electron chi connectivity index (χ3n) is 1.00. The van der Waals surface area contributed by atoms with Crippen LogP contribution in [-0.4, -0.2) is 6.29 Å². The van der Waals surface area contributed by atoms with Crippen molar-refractivity contribution in [2.75, 3.05) is 0 Å². The Kier molecular flexibility index (Phi) is 2.66. The van der Waals surface area contributed by atoms with Crippen molar-refractivity contribution < 1.29 is 4.79 Å². The molecule has 0 aliphatic rings. The molecule has 0 spiro atoms. The van der Waals surface area contributed by atoms with E-state index in [1.165, 1.54) is 17.4 Å². The van der Waals surface area contributed by atoms with Crippen LogP contribution in [0.15, 0.2) is 17.5 Å². The summed E-state index contributed by atoms with van der Waals surface area (Å²) in [6, 6.07) is 1.87. The smallest absolute Gasteiger partial charge is 0.142 e. The number of hydrogen-bond donors (Lipinski definition) is 0. The second kappa shape index (κ2) is 3.54. The van der Waals surface area contributed by atoms with Crippen molar-refractivity contribution in [2.24, 2.45) is 0 Å². The number of rotatable bonds is 2. The summed E-state index contributed by atoms with van der Waals surface area (Å²) in [5.74, 6) is 0. The number of carbonyl (C=O) groups is 1. The Hall–Kier alpha value is -0.600. The molecule has 0 saturated heterocycles. The summed E-state index contributed by atoms with van der Waals surface area (Å²) in [7, 11) is 0. The first-order valence-corrected chi connectivity index (χ1v) is 3.95. The lowest BCUT2D eigenvalue weighted by Gasteiger charge is -1.82. The Morgan fingerprint density at radius 3 is 2.90 bits per heavy atom. The van der Waals surface area contributed by atoms with E-state index in [1.54, 1.807) is 6.08 Å². The second-order valence-corrected chi connectivity index (χ2v) is 3.16. The molecule has 10 heavy (non-hydrogen) atoms. The fraction of sp³-hybridized carbons (Fsp3) is 0. The van der Waals surface area contributed by atoms with Crippen molar-refractivity contribution in [1.29, 1.82) is 0 Å². The lowest BCUT2D eigenvalue weighted by molar-refractivity contribution is -0.104. The molecule has 0 atom stereocenters. The van der Waals surface area contributed by atoms with Crippen LogP contribution in [0.4, 0.5) is 0 Å². The zero-order chi connectivity index (χ0) is 7.40. The third kappa shape index (κ3) is 1.69. The van der Waals surface area contributed by atoms with Gasteiger partial charge in [-0.25, -0.2) is 0 Å². The summed E-state index contributed by atoms with van der Waals surface area (Å²) in [4.78, 5) is 9.88. The molecule has 1 aromatic rings. The summed E-state index contributed by atoms with van der Waals surface area (Å²) in [5.41, 5.74) is 0.902. The molecule has 0 fully saturated rings. The third-order valence-corrected chi connectivity index (χ3v) is 2.20. The van der Waals surface area contributed by atoms with Gasteiger partial charge in [0.15, 0.2) is 0 Å². The molecule has 3 heteroatoms. The molecule has 0 aliphatic carbocycles. The summed E-state index contributed by atoms with van der Waals surface area (Å²) in [6.07, 6.45) is 3.84. The van der Waals surface area contributed by atoms with Crippen LogP contribution < -0.4 is 0 Å². The number of hydrogen-bond acceptors (Lipinski definition) is 2. The molecule has 0 unspecified atom stereocenters. The topological polar surface area (TPSA) is 17.1 Å². The van der Waals surface area contributed by atoms with E-state index >= 15 is 0 Å². The minimum absolute atomic E-state index is 0.720. The Balaban J connectivity index is 2.83. The molecule has 1 nitrogen and oxygen atoms in total. The summed E-state index contributed by atoms with van der Waals surface area (Å²) < 4.78 is 0.720. The minimum atomic E-state index is 0.720. The molecule has 1 rings (SSSR count). The lowest BCUT2D eigenvalue weighted by atomic mass is 10.3. The molecule has 0 bridgehead atoms. The monoisotopic (exact) mass is 172 g/mol. The van der Waals surface area contributed by atoms with E-state index in [0.29, 0.717) is 0 Å². The molecular weight excluding hydrogens is 168 g/mol. The molecule has 1 heterocycles. The van der Waals surface area contributed by atoms with Gasteiger partial charge in [0.1, 0.15) is 10.6 Å². The molecule has 0 aliphatic heterocycles. The van der Waals surface area contributed by atoms with Crippen LogP contribution >= 0.6 is 22.9 Å². The number of carbonyl (C=O) groups excluding carboxylic acids is 1. The fourth-order valence-electron chi connectivity index (χ4n) is 0.565. The van der Waals surface area contributed by atoms with Gasteiger partial charge in [0.05, 0.1) is 0 Å². The van der Waals surface area contributed by atoms with Crippen LogP contribution in [0, 0.1) is 0 Å². The van der Waals surface area contributed by atoms with E-state index in [0.717, 1.165) is 16.2 Å². The summed E-state index contributed by atoms with van der Waals surface area (Å²) in [6.45, 7) is 0. The van der Waals surface area contributed by atoms with Crippen LogP contribution in [0.3, 0.4) is 0 Å². The van der Waals surface area contributed by atoms with Gasteiger partial charge in [-0.15, -0.1) is 11.3 Å². The van der Waals surface area contributed by atoms with Gasteiger partial charge in [-0.3, -0.25) is 4.79 Å². The molecule has 0 radical (unpaired) electrons. The van der Waals surface area contributed by atoms with E-state index in [-0.39, 0.29) is 0 Å². The highest BCUT2D eigenvalue weighted by Crippen LogP contribution is 2.23. The number of thiophene rings is 1. The quantitative estimate of drug-likeness (QED) is 0.495. The van der Waals surface area contributed by atoms with Crippen molar-refractivity contribution in [3.05, 3.63) is 27.4 Å². The van der Waals surface area contributed by atoms with Gasteiger partial charge in [0.2, 0.25) is 0 Å². The second-order valence-electron chi connectivity index (χ2n) is 1.64. The Morgan fingerprint density at radius 1 is 1.60 bits per heavy atom. The Labute approximate surface area is 67.9 Å². The van der Waals surface area contributed by atoms with E-state index in [2.05, 4.69) is 0 Å². The first kappa shape index (κ1) is 7.51. The van der Waals surface area contributed by atoms with Gasteiger partial charge < -0.3 is 0 Å². The normalized spacial score (nSPS) is 10.5. The highest BCUT2D eigenvalue weighted by Gasteiger charge is 1.94. The van der Waals surface area contributed by atoms with Gasteiger partial charge in [0, 0.05) is 5.56 Å². The van der Waals surface area contributed by atoms with Gasteiger partial charge in [-0.05, 0) is 23.6 Å². The predicted octanol–water partition coefficient (Wildman–Crippen LogP) is 2.61. The van der Waals surface area contributed by atoms with Crippen molar-refractivity contribution >= 4 is 35.3 Å². The van der Waals surface area contributed by atoms with Crippen molar-refractivity contribution in [1.82, 2.24) is 0 Å². The largest absolute Gasteiger partial charge is 0.299 e. The van der Waals surface area contributed by atoms with Crippen LogP contribution in [0.25, 0.3) is 6.08 Å². The van der Waals surface area contributed by atoms with Gasteiger partial charge >= 0.3 is 0 Å². The van der Waals surface area contributed by atoms with E-state index in [4.69, 9.17) is 11.6 Å². The molecule has 0 N–H and O–H groups in total. The van der Waals surface area contributed by atoms with Crippen molar-refractivity contribution in [2.45, 2.75) is 0 Å². The predicted molar refractivity (Wildman–Crippen MR) is 44.4 cm³/mol. The minimum Gasteiger partial charge on any atom is -0.299 e. The Morgan fingerprint density at radius 2 is 2.40 bits per heavy atom. The number of halogens is 1. The molecule has 52 valence electrons. The number of aldehydes is 1. The average molecular weight is 173 g/mol.